The molecule has 2 amide bonds. The van der Waals surface area contributed by atoms with Crippen molar-refractivity contribution in [2.75, 3.05) is 24.3 Å². The molecule has 1 heterocycles. The van der Waals surface area contributed by atoms with Gasteiger partial charge in [0, 0.05) is 39.1 Å². The molecular weight excluding hydrogens is 324 g/mol. The molecule has 6 heteroatoms. The summed E-state index contributed by atoms with van der Waals surface area (Å²) in [6, 6.07) is 9.60. The molecule has 0 bridgehead atoms. The van der Waals surface area contributed by atoms with Crippen LogP contribution in [-0.4, -0.2) is 36.1 Å². The first kappa shape index (κ1) is 16.6. The molecule has 1 N–H and O–H groups in total. The second-order valence-electron chi connectivity index (χ2n) is 6.18. The third-order valence-electron chi connectivity index (χ3n) is 4.00. The van der Waals surface area contributed by atoms with Crippen LogP contribution in [0.4, 0.5) is 16.2 Å². The van der Waals surface area contributed by atoms with E-state index < -0.39 is 0 Å². The molecule has 5 nitrogen and oxygen atoms in total. The number of carbonyl (C=O) groups excluding carboxylic acids is 1. The van der Waals surface area contributed by atoms with Crippen LogP contribution in [-0.2, 0) is 6.54 Å². The number of rotatable bonds is 5. The molecule has 24 heavy (non-hydrogen) atoms. The molecule has 1 aromatic heterocycles. The zero-order chi connectivity index (χ0) is 17.1. The Kier molecular flexibility index (Phi) is 4.90. The summed E-state index contributed by atoms with van der Waals surface area (Å²) in [4.78, 5) is 20.7. The van der Waals surface area contributed by atoms with Crippen molar-refractivity contribution in [1.29, 1.82) is 0 Å². The van der Waals surface area contributed by atoms with E-state index in [-0.39, 0.29) is 6.03 Å². The number of amides is 2. The Bertz CT molecular complexity index is 716. The monoisotopic (exact) mass is 344 g/mol. The van der Waals surface area contributed by atoms with Crippen LogP contribution in [0.25, 0.3) is 0 Å². The average molecular weight is 345 g/mol. The van der Waals surface area contributed by atoms with Crippen LogP contribution in [0.2, 0.25) is 5.02 Å². The van der Waals surface area contributed by atoms with E-state index in [2.05, 4.69) is 10.3 Å². The van der Waals surface area contributed by atoms with Crippen molar-refractivity contribution in [2.24, 2.45) is 0 Å². The van der Waals surface area contributed by atoms with Gasteiger partial charge in [0.1, 0.15) is 0 Å². The molecule has 0 atom stereocenters. The number of nitrogens with one attached hydrogen (secondary N) is 1. The molecule has 0 spiro atoms. The largest absolute Gasteiger partial charge is 0.375 e. The molecule has 1 aliphatic carbocycles. The summed E-state index contributed by atoms with van der Waals surface area (Å²) in [7, 11) is 3.82. The Hall–Kier alpha value is -2.27. The number of carbonyl (C=O) groups is 1. The number of hydrogen-bond acceptors (Lipinski definition) is 3. The fourth-order valence-electron chi connectivity index (χ4n) is 2.70. The summed E-state index contributed by atoms with van der Waals surface area (Å²) < 4.78 is 0. The Morgan fingerprint density at radius 2 is 2.08 bits per heavy atom. The van der Waals surface area contributed by atoms with Crippen LogP contribution in [0, 0.1) is 0 Å². The van der Waals surface area contributed by atoms with Crippen LogP contribution < -0.4 is 10.2 Å². The highest BCUT2D eigenvalue weighted by atomic mass is 35.5. The molecule has 1 saturated carbocycles. The Morgan fingerprint density at radius 3 is 2.71 bits per heavy atom. The lowest BCUT2D eigenvalue weighted by atomic mass is 10.2. The molecule has 0 saturated heterocycles. The smallest absolute Gasteiger partial charge is 0.322 e. The number of para-hydroxylation sites is 1. The zero-order valence-electron chi connectivity index (χ0n) is 13.9. The summed E-state index contributed by atoms with van der Waals surface area (Å²) in [6.45, 7) is 0.558. The number of hydrogen-bond donors (Lipinski definition) is 1. The average Bonchev–Trinajstić information content (AvgIpc) is 3.38. The zero-order valence-corrected chi connectivity index (χ0v) is 14.6. The standard InChI is InChI=1S/C18H21ClN4O/c1-22(2)17-15(19)6-3-7-16(17)21-18(24)23(14-8-9-14)12-13-5-4-10-20-11-13/h3-7,10-11,14H,8-9,12H2,1-2H3,(H,21,24). The van der Waals surface area contributed by atoms with Crippen molar-refractivity contribution in [3.05, 3.63) is 53.3 Å². The fourth-order valence-corrected chi connectivity index (χ4v) is 3.04. The van der Waals surface area contributed by atoms with Crippen molar-refractivity contribution in [2.45, 2.75) is 25.4 Å². The summed E-state index contributed by atoms with van der Waals surface area (Å²) in [5.41, 5.74) is 2.55. The van der Waals surface area contributed by atoms with Gasteiger partial charge in [-0.3, -0.25) is 4.98 Å². The van der Waals surface area contributed by atoms with Crippen molar-refractivity contribution in [1.82, 2.24) is 9.88 Å². The maximum absolute atomic E-state index is 12.8. The van der Waals surface area contributed by atoms with Gasteiger partial charge < -0.3 is 15.1 Å². The first-order valence-electron chi connectivity index (χ1n) is 7.98. The minimum absolute atomic E-state index is 0.105. The van der Waals surface area contributed by atoms with Crippen molar-refractivity contribution in [3.63, 3.8) is 0 Å². The molecule has 2 aromatic rings. The van der Waals surface area contributed by atoms with Crippen molar-refractivity contribution in [3.8, 4) is 0 Å². The third-order valence-corrected chi connectivity index (χ3v) is 4.30. The highest BCUT2D eigenvalue weighted by Crippen LogP contribution is 2.34. The molecule has 1 aromatic carbocycles. The van der Waals surface area contributed by atoms with E-state index in [4.69, 9.17) is 11.6 Å². The predicted molar refractivity (Wildman–Crippen MR) is 97.6 cm³/mol. The number of aromatic nitrogens is 1. The third kappa shape index (κ3) is 3.79. The molecule has 3 rings (SSSR count). The van der Waals surface area contributed by atoms with Gasteiger partial charge in [0.2, 0.25) is 0 Å². The SMILES string of the molecule is CN(C)c1c(Cl)cccc1NC(=O)N(Cc1cccnc1)C1CC1. The van der Waals surface area contributed by atoms with Crippen molar-refractivity contribution >= 4 is 29.0 Å². The lowest BCUT2D eigenvalue weighted by molar-refractivity contribution is 0.206. The van der Waals surface area contributed by atoms with E-state index in [0.29, 0.717) is 23.3 Å². The lowest BCUT2D eigenvalue weighted by Gasteiger charge is -2.25. The predicted octanol–water partition coefficient (Wildman–Crippen LogP) is 4.00. The van der Waals surface area contributed by atoms with Gasteiger partial charge in [0.25, 0.3) is 0 Å². The number of benzene rings is 1. The molecule has 1 aliphatic rings. The normalized spacial score (nSPS) is 13.5. The summed E-state index contributed by atoms with van der Waals surface area (Å²) in [6.07, 6.45) is 5.63. The van der Waals surface area contributed by atoms with E-state index in [1.54, 1.807) is 12.4 Å². The molecule has 126 valence electrons. The molecular formula is C18H21ClN4O. The first-order valence-corrected chi connectivity index (χ1v) is 8.36. The van der Waals surface area contributed by atoms with Crippen LogP contribution >= 0.6 is 11.6 Å². The number of anilines is 2. The van der Waals surface area contributed by atoms with Gasteiger partial charge in [-0.1, -0.05) is 23.7 Å². The van der Waals surface area contributed by atoms with Crippen LogP contribution in [0.15, 0.2) is 42.7 Å². The highest BCUT2D eigenvalue weighted by molar-refractivity contribution is 6.34. The quantitative estimate of drug-likeness (QED) is 0.891. The highest BCUT2D eigenvalue weighted by Gasteiger charge is 2.33. The molecule has 0 radical (unpaired) electrons. The Labute approximate surface area is 147 Å². The lowest BCUT2D eigenvalue weighted by Crippen LogP contribution is -2.36. The minimum Gasteiger partial charge on any atom is -0.375 e. The second-order valence-corrected chi connectivity index (χ2v) is 6.59. The first-order chi connectivity index (χ1) is 11.6. The summed E-state index contributed by atoms with van der Waals surface area (Å²) in [5.74, 6) is 0. The van der Waals surface area contributed by atoms with Gasteiger partial charge in [-0.25, -0.2) is 4.79 Å². The fraction of sp³-hybridized carbons (Fsp3) is 0.333. The molecule has 0 aliphatic heterocycles. The van der Waals surface area contributed by atoms with Crippen LogP contribution in [0.1, 0.15) is 18.4 Å². The topological polar surface area (TPSA) is 48.5 Å². The molecule has 1 fully saturated rings. The summed E-state index contributed by atoms with van der Waals surface area (Å²) in [5, 5.41) is 3.63. The van der Waals surface area contributed by atoms with Crippen LogP contribution in [0.5, 0.6) is 0 Å². The second kappa shape index (κ2) is 7.09. The van der Waals surface area contributed by atoms with Gasteiger partial charge in [-0.15, -0.1) is 0 Å². The van der Waals surface area contributed by atoms with Gasteiger partial charge in [0.05, 0.1) is 16.4 Å². The number of pyridine rings is 1. The minimum atomic E-state index is -0.105. The van der Waals surface area contributed by atoms with E-state index in [1.807, 2.05) is 54.2 Å². The van der Waals surface area contributed by atoms with Crippen molar-refractivity contribution < 1.29 is 4.79 Å². The van der Waals surface area contributed by atoms with E-state index in [1.165, 1.54) is 0 Å². The number of urea groups is 1. The van der Waals surface area contributed by atoms with Gasteiger partial charge in [0.15, 0.2) is 0 Å². The van der Waals surface area contributed by atoms with Crippen LogP contribution in [0.3, 0.4) is 0 Å². The maximum atomic E-state index is 12.8. The van der Waals surface area contributed by atoms with E-state index >= 15 is 0 Å². The number of nitrogens with zero attached hydrogens (tertiary/aromatic N) is 3. The maximum Gasteiger partial charge on any atom is 0.322 e. The number of halogens is 1. The van der Waals surface area contributed by atoms with Gasteiger partial charge in [-0.2, -0.15) is 0 Å². The van der Waals surface area contributed by atoms with E-state index in [9.17, 15) is 4.79 Å². The summed E-state index contributed by atoms with van der Waals surface area (Å²) >= 11 is 6.28. The van der Waals surface area contributed by atoms with Gasteiger partial charge >= 0.3 is 6.03 Å². The molecule has 0 unspecified atom stereocenters. The van der Waals surface area contributed by atoms with Gasteiger partial charge in [-0.05, 0) is 36.6 Å². The Balaban J connectivity index is 1.79. The Morgan fingerprint density at radius 1 is 1.29 bits per heavy atom. The van der Waals surface area contributed by atoms with E-state index in [0.717, 1.165) is 24.1 Å².